The zero-order valence-electron chi connectivity index (χ0n) is 15.0. The molecule has 4 heteroatoms. The minimum atomic E-state index is 0.123. The number of ether oxygens (including phenoxy) is 1. The number of likely N-dealkylation sites (tertiary alicyclic amines) is 1. The molecule has 0 radical (unpaired) electrons. The van der Waals surface area contributed by atoms with Crippen molar-refractivity contribution in [2.45, 2.75) is 62.1 Å². The molecule has 134 valence electrons. The number of phenols is 1. The Morgan fingerprint density at radius 2 is 2.16 bits per heavy atom. The summed E-state index contributed by atoms with van der Waals surface area (Å²) in [7, 11) is 2.07. The summed E-state index contributed by atoms with van der Waals surface area (Å²) in [5.74, 6) is 2.79. The highest BCUT2D eigenvalue weighted by molar-refractivity contribution is 5.60. The molecule has 1 spiro atoms. The molecule has 1 saturated heterocycles. The van der Waals surface area contributed by atoms with Crippen LogP contribution < -0.4 is 10.1 Å². The molecule has 3 aliphatic carbocycles. The number of piperidine rings is 1. The molecular weight excluding hydrogens is 312 g/mol. The Balaban J connectivity index is 1.51. The van der Waals surface area contributed by atoms with Crippen molar-refractivity contribution in [1.82, 2.24) is 10.2 Å². The van der Waals surface area contributed by atoms with E-state index < -0.39 is 0 Å². The number of nitrogens with zero attached hydrogens (tertiary/aromatic N) is 1. The van der Waals surface area contributed by atoms with E-state index in [4.69, 9.17) is 4.74 Å². The van der Waals surface area contributed by atoms with Crippen LogP contribution in [0.4, 0.5) is 0 Å². The molecule has 3 fully saturated rings. The lowest BCUT2D eigenvalue weighted by Crippen LogP contribution is -2.68. The molecule has 4 nitrogen and oxygen atoms in total. The van der Waals surface area contributed by atoms with Crippen molar-refractivity contribution in [3.8, 4) is 11.5 Å². The van der Waals surface area contributed by atoms with Crippen LogP contribution in [0.25, 0.3) is 0 Å². The molecule has 2 bridgehead atoms. The van der Waals surface area contributed by atoms with Crippen molar-refractivity contribution >= 4 is 0 Å². The van der Waals surface area contributed by atoms with Gasteiger partial charge in [0.1, 0.15) is 6.10 Å². The first kappa shape index (κ1) is 14.9. The van der Waals surface area contributed by atoms with E-state index in [-0.39, 0.29) is 11.5 Å². The van der Waals surface area contributed by atoms with Gasteiger partial charge >= 0.3 is 0 Å². The number of nitrogens with one attached hydrogen (secondary N) is 1. The number of hydrogen-bond donors (Lipinski definition) is 2. The first-order chi connectivity index (χ1) is 12.2. The van der Waals surface area contributed by atoms with Crippen molar-refractivity contribution in [3.05, 3.63) is 23.3 Å². The van der Waals surface area contributed by atoms with Gasteiger partial charge in [0.15, 0.2) is 11.5 Å². The highest BCUT2D eigenvalue weighted by Crippen LogP contribution is 2.63. The predicted octanol–water partition coefficient (Wildman–Crippen LogP) is 2.43. The molecule has 2 heterocycles. The van der Waals surface area contributed by atoms with Crippen molar-refractivity contribution in [1.29, 1.82) is 0 Å². The lowest BCUT2D eigenvalue weighted by atomic mass is 9.51. The molecule has 5 atom stereocenters. The predicted molar refractivity (Wildman–Crippen MR) is 96.2 cm³/mol. The van der Waals surface area contributed by atoms with Gasteiger partial charge in [-0.25, -0.2) is 0 Å². The van der Waals surface area contributed by atoms with Crippen molar-refractivity contribution < 1.29 is 9.84 Å². The van der Waals surface area contributed by atoms with Crippen molar-refractivity contribution in [3.63, 3.8) is 0 Å². The van der Waals surface area contributed by atoms with Gasteiger partial charge in [-0.05, 0) is 75.6 Å². The first-order valence-corrected chi connectivity index (χ1v) is 10.2. The third-order valence-corrected chi connectivity index (χ3v) is 7.99. The third-order valence-electron chi connectivity index (χ3n) is 7.99. The second kappa shape index (κ2) is 4.92. The highest BCUT2D eigenvalue weighted by atomic mass is 16.5. The Kier molecular flexibility index (Phi) is 2.92. The van der Waals surface area contributed by atoms with E-state index in [1.54, 1.807) is 0 Å². The second-order valence-corrected chi connectivity index (χ2v) is 9.07. The number of aromatic hydroxyl groups is 1. The van der Waals surface area contributed by atoms with Crippen LogP contribution >= 0.6 is 0 Å². The molecule has 6 rings (SSSR count). The van der Waals surface area contributed by atoms with Gasteiger partial charge in [0.05, 0.1) is 0 Å². The maximum Gasteiger partial charge on any atom is 0.165 e. The van der Waals surface area contributed by atoms with Crippen LogP contribution in [0.5, 0.6) is 11.5 Å². The Morgan fingerprint density at radius 3 is 2.96 bits per heavy atom. The van der Waals surface area contributed by atoms with Crippen LogP contribution in [0.1, 0.15) is 43.2 Å². The average Bonchev–Trinajstić information content (AvgIpc) is 3.37. The normalized spacial score (nSPS) is 41.3. The number of hydrogen-bond acceptors (Lipinski definition) is 4. The quantitative estimate of drug-likeness (QED) is 0.887. The minimum absolute atomic E-state index is 0.123. The van der Waals surface area contributed by atoms with E-state index in [0.29, 0.717) is 23.8 Å². The Labute approximate surface area is 149 Å². The first-order valence-electron chi connectivity index (χ1n) is 10.2. The number of likely N-dealkylation sites (N-methyl/N-ethyl adjacent to an activating group) is 1. The van der Waals surface area contributed by atoms with Gasteiger partial charge in [0.25, 0.3) is 0 Å². The van der Waals surface area contributed by atoms with Crippen molar-refractivity contribution in [2.75, 3.05) is 20.1 Å². The zero-order chi connectivity index (χ0) is 16.8. The maximum absolute atomic E-state index is 10.5. The summed E-state index contributed by atoms with van der Waals surface area (Å²) < 4.78 is 6.51. The molecule has 2 aliphatic heterocycles. The van der Waals surface area contributed by atoms with Gasteiger partial charge in [-0.2, -0.15) is 0 Å². The standard InChI is InChI=1S/C21H28N2O2/c1-22-15-6-5-14-16-10-13-4-7-17(24)19-18(13)21(14,20(15)25-19)8-9-23(16)11-12-2-3-12/h4,7,12,14-16,20,22,24H,2-3,5-6,8-11H2,1H3/t14-,15+,16+,20-,21-/m0/s1. The van der Waals surface area contributed by atoms with Gasteiger partial charge in [-0.3, -0.25) is 4.90 Å². The van der Waals surface area contributed by atoms with Crippen LogP contribution in [0.15, 0.2) is 12.1 Å². The molecule has 0 aromatic heterocycles. The van der Waals surface area contributed by atoms with Crippen LogP contribution in [0.2, 0.25) is 0 Å². The van der Waals surface area contributed by atoms with Crippen molar-refractivity contribution in [2.24, 2.45) is 11.8 Å². The van der Waals surface area contributed by atoms with Gasteiger partial charge in [-0.15, -0.1) is 0 Å². The second-order valence-electron chi connectivity index (χ2n) is 9.07. The van der Waals surface area contributed by atoms with E-state index in [2.05, 4.69) is 23.3 Å². The lowest BCUT2D eigenvalue weighted by Gasteiger charge is -2.59. The molecule has 2 N–H and O–H groups in total. The largest absolute Gasteiger partial charge is 0.504 e. The van der Waals surface area contributed by atoms with E-state index >= 15 is 0 Å². The maximum atomic E-state index is 10.5. The topological polar surface area (TPSA) is 44.7 Å². The molecule has 1 aromatic rings. The minimum Gasteiger partial charge on any atom is -0.504 e. The molecular formula is C21H28N2O2. The fourth-order valence-electron chi connectivity index (χ4n) is 6.78. The molecule has 0 unspecified atom stereocenters. The SMILES string of the molecule is CN[C@@H]1CC[C@H]2[C@H]3Cc4ccc(O)c5c4[C@@]2(CCN3CC2CC2)[C@H]1O5. The number of phenolic OH excluding ortho intramolecular Hbond substituents is 1. The summed E-state index contributed by atoms with van der Waals surface area (Å²) in [6.45, 7) is 2.50. The fourth-order valence-corrected chi connectivity index (χ4v) is 6.78. The summed E-state index contributed by atoms with van der Waals surface area (Å²) in [6.07, 6.45) is 7.85. The summed E-state index contributed by atoms with van der Waals surface area (Å²) in [5, 5.41) is 14.0. The van der Waals surface area contributed by atoms with E-state index in [1.807, 2.05) is 6.07 Å². The van der Waals surface area contributed by atoms with Gasteiger partial charge < -0.3 is 15.2 Å². The Bertz CT molecular complexity index is 731. The van der Waals surface area contributed by atoms with E-state index in [9.17, 15) is 5.11 Å². The smallest absolute Gasteiger partial charge is 0.165 e. The number of rotatable bonds is 3. The van der Waals surface area contributed by atoms with Gasteiger partial charge in [-0.1, -0.05) is 6.07 Å². The monoisotopic (exact) mass is 340 g/mol. The zero-order valence-corrected chi connectivity index (χ0v) is 15.0. The van der Waals surface area contributed by atoms with Gasteiger partial charge in [0, 0.05) is 29.6 Å². The van der Waals surface area contributed by atoms with Crippen LogP contribution in [0.3, 0.4) is 0 Å². The van der Waals surface area contributed by atoms with Crippen LogP contribution in [-0.4, -0.2) is 48.3 Å². The molecule has 0 amide bonds. The molecule has 2 saturated carbocycles. The molecule has 25 heavy (non-hydrogen) atoms. The van der Waals surface area contributed by atoms with Crippen LogP contribution in [0, 0.1) is 11.8 Å². The summed E-state index contributed by atoms with van der Waals surface area (Å²) in [6, 6.07) is 5.10. The molecule has 1 aromatic carbocycles. The van der Waals surface area contributed by atoms with E-state index in [1.165, 1.54) is 56.3 Å². The fraction of sp³-hybridized carbons (Fsp3) is 0.714. The Morgan fingerprint density at radius 1 is 1.28 bits per heavy atom. The summed E-state index contributed by atoms with van der Waals surface area (Å²) >= 11 is 0. The molecule has 5 aliphatic rings. The Hall–Kier alpha value is -1.26. The number of benzene rings is 1. The van der Waals surface area contributed by atoms with Gasteiger partial charge in [0.2, 0.25) is 0 Å². The third kappa shape index (κ3) is 1.80. The summed E-state index contributed by atoms with van der Waals surface area (Å²) in [5.41, 5.74) is 2.94. The summed E-state index contributed by atoms with van der Waals surface area (Å²) in [4.78, 5) is 2.82. The lowest BCUT2D eigenvalue weighted by molar-refractivity contribution is -0.0650. The average molecular weight is 340 g/mol. The van der Waals surface area contributed by atoms with Crippen LogP contribution in [-0.2, 0) is 11.8 Å². The van der Waals surface area contributed by atoms with E-state index in [0.717, 1.165) is 18.1 Å². The highest BCUT2D eigenvalue weighted by Gasteiger charge is 2.65.